The number of imidazole rings is 1. The number of fused-ring (bicyclic) bond motifs is 1. The lowest BCUT2D eigenvalue weighted by atomic mass is 10.1. The van der Waals surface area contributed by atoms with E-state index in [4.69, 9.17) is 0 Å². The number of benzene rings is 2. The van der Waals surface area contributed by atoms with Gasteiger partial charge in [-0.25, -0.2) is 9.37 Å². The van der Waals surface area contributed by atoms with E-state index in [2.05, 4.69) is 54.5 Å². The Kier molecular flexibility index (Phi) is 5.65. The molecule has 1 aliphatic heterocycles. The van der Waals surface area contributed by atoms with E-state index in [1.807, 2.05) is 6.07 Å². The maximum atomic E-state index is 14.2. The van der Waals surface area contributed by atoms with Crippen LogP contribution in [0.15, 0.2) is 42.6 Å². The summed E-state index contributed by atoms with van der Waals surface area (Å²) in [4.78, 5) is 25.5. The van der Waals surface area contributed by atoms with Crippen molar-refractivity contribution in [2.24, 2.45) is 0 Å². The van der Waals surface area contributed by atoms with Gasteiger partial charge in [0.1, 0.15) is 11.5 Å². The van der Waals surface area contributed by atoms with Gasteiger partial charge < -0.3 is 15.2 Å². The van der Waals surface area contributed by atoms with Gasteiger partial charge in [-0.05, 0) is 43.3 Å². The molecule has 0 unspecified atom stereocenters. The van der Waals surface area contributed by atoms with Crippen LogP contribution in [-0.4, -0.2) is 69.1 Å². The second-order valence-electron chi connectivity index (χ2n) is 8.56. The minimum atomic E-state index is -0.561. The Bertz CT molecular complexity index is 1280. The number of hydrogen-bond acceptors (Lipinski definition) is 5. The molecule has 1 saturated heterocycles. The number of aryl methyl sites for hydroxylation is 1. The van der Waals surface area contributed by atoms with Gasteiger partial charge in [0.05, 0.1) is 28.5 Å². The molecule has 0 spiro atoms. The van der Waals surface area contributed by atoms with Gasteiger partial charge in [-0.1, -0.05) is 18.2 Å². The molecule has 1 fully saturated rings. The quantitative estimate of drug-likeness (QED) is 0.436. The Balaban J connectivity index is 1.37. The molecule has 0 bridgehead atoms. The number of piperazine rings is 1. The van der Waals surface area contributed by atoms with E-state index in [1.54, 1.807) is 19.1 Å². The van der Waals surface area contributed by atoms with Crippen molar-refractivity contribution in [3.05, 3.63) is 65.1 Å². The monoisotopic (exact) mass is 447 g/mol. The average Bonchev–Trinajstić information content (AvgIpc) is 3.41. The Labute approximate surface area is 190 Å². The molecule has 170 valence electrons. The summed E-state index contributed by atoms with van der Waals surface area (Å²) in [6, 6.07) is 10.8. The fourth-order valence-electron chi connectivity index (χ4n) is 4.20. The normalized spacial score (nSPS) is 15.2. The molecular formula is C24H26FN7O. The van der Waals surface area contributed by atoms with Crippen LogP contribution >= 0.6 is 0 Å². The third kappa shape index (κ3) is 4.37. The predicted octanol–water partition coefficient (Wildman–Crippen LogP) is 3.40. The summed E-state index contributed by atoms with van der Waals surface area (Å²) in [6.07, 6.45) is 1.50. The Hall–Kier alpha value is -3.56. The molecular weight excluding hydrogens is 421 g/mol. The van der Waals surface area contributed by atoms with E-state index >= 15 is 0 Å². The van der Waals surface area contributed by atoms with Crippen molar-refractivity contribution in [2.45, 2.75) is 13.5 Å². The topological polar surface area (TPSA) is 92.9 Å². The van der Waals surface area contributed by atoms with Crippen molar-refractivity contribution in [3.63, 3.8) is 0 Å². The Morgan fingerprint density at radius 3 is 2.79 bits per heavy atom. The van der Waals surface area contributed by atoms with Crippen molar-refractivity contribution in [1.82, 2.24) is 30.0 Å². The standard InChI is InChI=1S/C24H26FN7O/c1-15-4-3-5-17(25)21(15)24(33)29-20-13-26-30-22(20)23-27-18-7-6-16(12-19(18)28-23)14-32-10-8-31(2)9-11-32/h3-7,12-13H,8-11,14H2,1-2H3,(H,26,30)(H,27,28)(H,29,33). The highest BCUT2D eigenvalue weighted by molar-refractivity contribution is 6.06. The van der Waals surface area contributed by atoms with Gasteiger partial charge in [0.25, 0.3) is 5.91 Å². The van der Waals surface area contributed by atoms with Gasteiger partial charge in [-0.15, -0.1) is 0 Å². The number of halogens is 1. The highest BCUT2D eigenvalue weighted by Crippen LogP contribution is 2.27. The van der Waals surface area contributed by atoms with Crippen molar-refractivity contribution in [2.75, 3.05) is 38.5 Å². The number of aromatic amines is 2. The van der Waals surface area contributed by atoms with E-state index in [9.17, 15) is 9.18 Å². The van der Waals surface area contributed by atoms with Crippen molar-refractivity contribution >= 4 is 22.6 Å². The number of hydrogen-bond donors (Lipinski definition) is 3. The van der Waals surface area contributed by atoms with E-state index in [1.165, 1.54) is 17.8 Å². The smallest absolute Gasteiger partial charge is 0.259 e. The first-order chi connectivity index (χ1) is 16.0. The summed E-state index contributed by atoms with van der Waals surface area (Å²) in [6.45, 7) is 6.87. The van der Waals surface area contributed by atoms with Gasteiger partial charge in [-0.3, -0.25) is 14.8 Å². The number of carbonyl (C=O) groups excluding carboxylic acids is 1. The third-order valence-corrected chi connectivity index (χ3v) is 6.12. The third-order valence-electron chi connectivity index (χ3n) is 6.12. The average molecular weight is 448 g/mol. The van der Waals surface area contributed by atoms with Crippen LogP contribution in [0.4, 0.5) is 10.1 Å². The highest BCUT2D eigenvalue weighted by atomic mass is 19.1. The van der Waals surface area contributed by atoms with Crippen molar-refractivity contribution in [1.29, 1.82) is 0 Å². The number of H-pyrrole nitrogens is 2. The first kappa shape index (κ1) is 21.3. The first-order valence-electron chi connectivity index (χ1n) is 11.0. The molecule has 2 aromatic carbocycles. The Morgan fingerprint density at radius 1 is 1.18 bits per heavy atom. The molecule has 3 N–H and O–H groups in total. The number of nitrogens with zero attached hydrogens (tertiary/aromatic N) is 4. The molecule has 1 aliphatic rings. The van der Waals surface area contributed by atoms with Gasteiger partial charge in [0, 0.05) is 32.7 Å². The van der Waals surface area contributed by atoms with Crippen LogP contribution in [0.2, 0.25) is 0 Å². The van der Waals surface area contributed by atoms with E-state index in [-0.39, 0.29) is 5.56 Å². The zero-order chi connectivity index (χ0) is 22.9. The summed E-state index contributed by atoms with van der Waals surface area (Å²) < 4.78 is 14.2. The SMILES string of the molecule is Cc1cccc(F)c1C(=O)Nc1cn[nH]c1-c1nc2ccc(CN3CCN(C)CC3)cc2[nH]1. The number of nitrogens with one attached hydrogen (secondary N) is 3. The minimum Gasteiger partial charge on any atom is -0.337 e. The second-order valence-corrected chi connectivity index (χ2v) is 8.56. The zero-order valence-electron chi connectivity index (χ0n) is 18.7. The van der Waals surface area contributed by atoms with Crippen LogP contribution in [0.5, 0.6) is 0 Å². The minimum absolute atomic E-state index is 0.0165. The van der Waals surface area contributed by atoms with E-state index in [0.717, 1.165) is 43.8 Å². The molecule has 0 radical (unpaired) electrons. The highest BCUT2D eigenvalue weighted by Gasteiger charge is 2.19. The van der Waals surface area contributed by atoms with Crippen LogP contribution in [0.3, 0.4) is 0 Å². The van der Waals surface area contributed by atoms with Gasteiger partial charge >= 0.3 is 0 Å². The summed E-state index contributed by atoms with van der Waals surface area (Å²) in [5.41, 5.74) is 4.50. The van der Waals surface area contributed by atoms with Crippen molar-refractivity contribution in [3.8, 4) is 11.5 Å². The predicted molar refractivity (Wildman–Crippen MR) is 126 cm³/mol. The number of rotatable bonds is 5. The van der Waals surface area contributed by atoms with Crippen LogP contribution in [-0.2, 0) is 6.54 Å². The van der Waals surface area contributed by atoms with Crippen molar-refractivity contribution < 1.29 is 9.18 Å². The van der Waals surface area contributed by atoms with Gasteiger partial charge in [0.2, 0.25) is 0 Å². The number of aromatic nitrogens is 4. The molecule has 0 saturated carbocycles. The molecule has 5 rings (SSSR count). The Morgan fingerprint density at radius 2 is 2.00 bits per heavy atom. The van der Waals surface area contributed by atoms with E-state index < -0.39 is 11.7 Å². The van der Waals surface area contributed by atoms with Crippen LogP contribution in [0.25, 0.3) is 22.6 Å². The molecule has 8 nitrogen and oxygen atoms in total. The van der Waals surface area contributed by atoms with Crippen LogP contribution < -0.4 is 5.32 Å². The van der Waals surface area contributed by atoms with E-state index in [0.29, 0.717) is 22.8 Å². The number of carbonyl (C=O) groups is 1. The first-order valence-corrected chi connectivity index (χ1v) is 11.0. The maximum Gasteiger partial charge on any atom is 0.259 e. The fraction of sp³-hybridized carbons (Fsp3) is 0.292. The summed E-state index contributed by atoms with van der Waals surface area (Å²) >= 11 is 0. The van der Waals surface area contributed by atoms with Gasteiger partial charge in [0.15, 0.2) is 5.82 Å². The lowest BCUT2D eigenvalue weighted by molar-refractivity contribution is 0.102. The molecule has 33 heavy (non-hydrogen) atoms. The molecule has 1 amide bonds. The summed E-state index contributed by atoms with van der Waals surface area (Å²) in [5.74, 6) is -0.534. The summed E-state index contributed by atoms with van der Waals surface area (Å²) in [5, 5.41) is 9.70. The molecule has 4 aromatic rings. The molecule has 0 aliphatic carbocycles. The molecule has 2 aromatic heterocycles. The largest absolute Gasteiger partial charge is 0.337 e. The van der Waals surface area contributed by atoms with Gasteiger partial charge in [-0.2, -0.15) is 5.10 Å². The maximum absolute atomic E-state index is 14.2. The molecule has 9 heteroatoms. The fourth-order valence-corrected chi connectivity index (χ4v) is 4.20. The zero-order valence-corrected chi connectivity index (χ0v) is 18.7. The number of anilines is 1. The molecule has 0 atom stereocenters. The lowest BCUT2D eigenvalue weighted by Gasteiger charge is -2.32. The second kappa shape index (κ2) is 8.76. The lowest BCUT2D eigenvalue weighted by Crippen LogP contribution is -2.43. The van der Waals surface area contributed by atoms with Crippen LogP contribution in [0, 0.1) is 12.7 Å². The molecule has 3 heterocycles. The van der Waals surface area contributed by atoms with Crippen LogP contribution in [0.1, 0.15) is 21.5 Å². The number of likely N-dealkylation sites (N-methyl/N-ethyl adjacent to an activating group) is 1. The number of amides is 1. The summed E-state index contributed by atoms with van der Waals surface area (Å²) in [7, 11) is 2.15.